The molecule has 1 aliphatic heterocycles. The summed E-state index contributed by atoms with van der Waals surface area (Å²) in [5.74, 6) is 0.515. The van der Waals surface area contributed by atoms with Crippen molar-refractivity contribution < 1.29 is 9.53 Å². The smallest absolute Gasteiger partial charge is 0.277 e. The van der Waals surface area contributed by atoms with E-state index in [1.165, 1.54) is 17.7 Å². The number of ether oxygens (including phenoxy) is 1. The number of morpholine rings is 1. The third kappa shape index (κ3) is 3.25. The molecule has 1 fully saturated rings. The fraction of sp³-hybridized carbons (Fsp3) is 0.500. The number of thiazole rings is 1. The molecule has 1 saturated heterocycles. The third-order valence-corrected chi connectivity index (χ3v) is 5.36. The number of hydrogen-bond acceptors (Lipinski definition) is 7. The van der Waals surface area contributed by atoms with Gasteiger partial charge in [0.1, 0.15) is 0 Å². The van der Waals surface area contributed by atoms with E-state index in [-0.39, 0.29) is 5.91 Å². The Hall–Kier alpha value is -2.06. The van der Waals surface area contributed by atoms with Crippen molar-refractivity contribution >= 4 is 28.2 Å². The Morgan fingerprint density at radius 2 is 2.00 bits per heavy atom. The van der Waals surface area contributed by atoms with E-state index in [1.54, 1.807) is 17.4 Å². The molecule has 0 aromatic carbocycles. The number of fused-ring (bicyclic) bond motifs is 1. The Morgan fingerprint density at radius 3 is 2.75 bits per heavy atom. The lowest BCUT2D eigenvalue weighted by Crippen LogP contribution is -2.37. The normalized spacial score (nSPS) is 17.4. The van der Waals surface area contributed by atoms with Crippen LogP contribution in [0.5, 0.6) is 0 Å². The van der Waals surface area contributed by atoms with Crippen LogP contribution < -0.4 is 10.2 Å². The van der Waals surface area contributed by atoms with Crippen LogP contribution in [0.2, 0.25) is 0 Å². The highest BCUT2D eigenvalue weighted by Gasteiger charge is 2.18. The molecule has 2 aliphatic rings. The highest BCUT2D eigenvalue weighted by molar-refractivity contribution is 7.15. The first-order valence-electron chi connectivity index (χ1n) is 8.26. The number of nitrogens with zero attached hydrogens (tertiary/aromatic N) is 4. The van der Waals surface area contributed by atoms with Crippen LogP contribution in [0.4, 0.5) is 10.9 Å². The minimum absolute atomic E-state index is 0.262. The first kappa shape index (κ1) is 15.5. The second-order valence-electron chi connectivity index (χ2n) is 5.93. The number of carbonyl (C=O) groups is 1. The number of hydrogen-bond donors (Lipinski definition) is 1. The van der Waals surface area contributed by atoms with E-state index in [0.717, 1.165) is 37.4 Å². The van der Waals surface area contributed by atoms with E-state index >= 15 is 0 Å². The molecule has 0 unspecified atom stereocenters. The Balaban J connectivity index is 1.43. The molecule has 4 rings (SSSR count). The van der Waals surface area contributed by atoms with Gasteiger partial charge < -0.3 is 9.64 Å². The Labute approximate surface area is 144 Å². The molecule has 1 N–H and O–H groups in total. The molecular formula is C16H19N5O2S. The highest BCUT2D eigenvalue weighted by Crippen LogP contribution is 2.29. The summed E-state index contributed by atoms with van der Waals surface area (Å²) < 4.78 is 5.32. The van der Waals surface area contributed by atoms with Crippen molar-refractivity contribution in [3.05, 3.63) is 28.4 Å². The highest BCUT2D eigenvalue weighted by atomic mass is 32.1. The van der Waals surface area contributed by atoms with E-state index < -0.39 is 0 Å². The van der Waals surface area contributed by atoms with Crippen LogP contribution in [0.3, 0.4) is 0 Å². The maximum absolute atomic E-state index is 12.3. The fourth-order valence-electron chi connectivity index (χ4n) is 2.97. The van der Waals surface area contributed by atoms with Crippen LogP contribution in [0.1, 0.15) is 33.9 Å². The Morgan fingerprint density at radius 1 is 1.17 bits per heavy atom. The van der Waals surface area contributed by atoms with Crippen LogP contribution in [0.15, 0.2) is 12.1 Å². The monoisotopic (exact) mass is 345 g/mol. The number of rotatable bonds is 3. The molecule has 0 spiro atoms. The lowest BCUT2D eigenvalue weighted by atomic mass is 10.0. The summed E-state index contributed by atoms with van der Waals surface area (Å²) in [4.78, 5) is 20.3. The number of anilines is 2. The van der Waals surface area contributed by atoms with Gasteiger partial charge in [0.15, 0.2) is 16.6 Å². The maximum Gasteiger partial charge on any atom is 0.277 e. The van der Waals surface area contributed by atoms with Gasteiger partial charge in [0.25, 0.3) is 5.91 Å². The van der Waals surface area contributed by atoms with Gasteiger partial charge in [0.2, 0.25) is 0 Å². The molecule has 3 heterocycles. The maximum atomic E-state index is 12.3. The van der Waals surface area contributed by atoms with Gasteiger partial charge in [-0.2, -0.15) is 0 Å². The average molecular weight is 345 g/mol. The van der Waals surface area contributed by atoms with Crippen LogP contribution in [-0.4, -0.2) is 47.4 Å². The van der Waals surface area contributed by atoms with Crippen molar-refractivity contribution in [3.8, 4) is 0 Å². The number of aryl methyl sites for hydroxylation is 2. The molecule has 0 bridgehead atoms. The largest absolute Gasteiger partial charge is 0.378 e. The van der Waals surface area contributed by atoms with E-state index in [4.69, 9.17) is 4.74 Å². The van der Waals surface area contributed by atoms with Crippen molar-refractivity contribution in [1.82, 2.24) is 15.2 Å². The lowest BCUT2D eigenvalue weighted by molar-refractivity contribution is 0.102. The van der Waals surface area contributed by atoms with Crippen molar-refractivity contribution in [3.63, 3.8) is 0 Å². The first-order valence-corrected chi connectivity index (χ1v) is 9.07. The van der Waals surface area contributed by atoms with Gasteiger partial charge in [-0.05, 0) is 37.8 Å². The molecule has 2 aromatic heterocycles. The molecule has 126 valence electrons. The van der Waals surface area contributed by atoms with Gasteiger partial charge >= 0.3 is 0 Å². The molecule has 7 nitrogen and oxygen atoms in total. The summed E-state index contributed by atoms with van der Waals surface area (Å²) in [6, 6.07) is 3.54. The zero-order valence-electron chi connectivity index (χ0n) is 13.3. The fourth-order valence-corrected chi connectivity index (χ4v) is 4.02. The summed E-state index contributed by atoms with van der Waals surface area (Å²) in [6.07, 6.45) is 4.46. The van der Waals surface area contributed by atoms with Gasteiger partial charge in [-0.3, -0.25) is 10.1 Å². The number of amides is 1. The van der Waals surface area contributed by atoms with Crippen molar-refractivity contribution in [2.24, 2.45) is 0 Å². The SMILES string of the molecule is O=C(Nc1nc2c(s1)CCCC2)c1ccc(N2CCOCC2)nn1. The number of carbonyl (C=O) groups excluding carboxylic acids is 1. The molecular weight excluding hydrogens is 326 g/mol. The molecule has 1 aliphatic carbocycles. The summed E-state index contributed by atoms with van der Waals surface area (Å²) in [7, 11) is 0. The summed E-state index contributed by atoms with van der Waals surface area (Å²) >= 11 is 1.57. The topological polar surface area (TPSA) is 80.2 Å². The molecule has 0 atom stereocenters. The Bertz CT molecular complexity index is 701. The van der Waals surface area contributed by atoms with Gasteiger partial charge in [0.05, 0.1) is 18.9 Å². The van der Waals surface area contributed by atoms with Gasteiger partial charge in [-0.1, -0.05) is 0 Å². The van der Waals surface area contributed by atoms with Crippen molar-refractivity contribution in [2.75, 3.05) is 36.5 Å². The minimum atomic E-state index is -0.262. The lowest BCUT2D eigenvalue weighted by Gasteiger charge is -2.27. The minimum Gasteiger partial charge on any atom is -0.378 e. The molecule has 0 saturated carbocycles. The predicted molar refractivity (Wildman–Crippen MR) is 91.8 cm³/mol. The summed E-state index contributed by atoms with van der Waals surface area (Å²) in [6.45, 7) is 2.98. The number of nitrogens with one attached hydrogen (secondary N) is 1. The van der Waals surface area contributed by atoms with E-state index in [1.807, 2.05) is 6.07 Å². The van der Waals surface area contributed by atoms with E-state index in [0.29, 0.717) is 24.0 Å². The summed E-state index contributed by atoms with van der Waals surface area (Å²) in [5.41, 5.74) is 1.44. The second-order valence-corrected chi connectivity index (χ2v) is 7.01. The van der Waals surface area contributed by atoms with Gasteiger partial charge in [0, 0.05) is 18.0 Å². The molecule has 2 aromatic rings. The quantitative estimate of drug-likeness (QED) is 0.915. The van der Waals surface area contributed by atoms with Crippen LogP contribution in [0.25, 0.3) is 0 Å². The predicted octanol–water partition coefficient (Wildman–Crippen LogP) is 1.90. The van der Waals surface area contributed by atoms with E-state index in [2.05, 4.69) is 25.4 Å². The van der Waals surface area contributed by atoms with Crippen LogP contribution in [0, 0.1) is 0 Å². The first-order chi connectivity index (χ1) is 11.8. The zero-order chi connectivity index (χ0) is 16.4. The molecule has 0 radical (unpaired) electrons. The van der Waals surface area contributed by atoms with Crippen molar-refractivity contribution in [2.45, 2.75) is 25.7 Å². The second kappa shape index (κ2) is 6.82. The molecule has 1 amide bonds. The van der Waals surface area contributed by atoms with Gasteiger partial charge in [-0.25, -0.2) is 4.98 Å². The number of aromatic nitrogens is 3. The van der Waals surface area contributed by atoms with E-state index in [9.17, 15) is 4.79 Å². The van der Waals surface area contributed by atoms with Crippen molar-refractivity contribution in [1.29, 1.82) is 0 Å². The molecule has 24 heavy (non-hydrogen) atoms. The standard InChI is InChI=1S/C16H19N5O2S/c22-15(18-16-17-11-3-1-2-4-13(11)24-16)12-5-6-14(20-19-12)21-7-9-23-10-8-21/h5-6H,1-4,7-10H2,(H,17,18,22). The molecule has 8 heteroatoms. The Kier molecular flexibility index (Phi) is 4.40. The average Bonchev–Trinajstić information content (AvgIpc) is 3.05. The summed E-state index contributed by atoms with van der Waals surface area (Å²) in [5, 5.41) is 11.7. The van der Waals surface area contributed by atoms with Crippen LogP contribution >= 0.6 is 11.3 Å². The van der Waals surface area contributed by atoms with Gasteiger partial charge in [-0.15, -0.1) is 21.5 Å². The zero-order valence-corrected chi connectivity index (χ0v) is 14.1. The third-order valence-electron chi connectivity index (χ3n) is 4.28. The van der Waals surface area contributed by atoms with Crippen LogP contribution in [-0.2, 0) is 17.6 Å².